The molecule has 1 aliphatic rings. The van der Waals surface area contributed by atoms with Crippen molar-refractivity contribution in [3.05, 3.63) is 33.5 Å². The Morgan fingerprint density at radius 3 is 2.62 bits per heavy atom. The fourth-order valence-electron chi connectivity index (χ4n) is 1.63. The number of halogens is 5. The third kappa shape index (κ3) is 2.11. The number of nitrogens with zero attached hydrogens (tertiary/aromatic N) is 1. The van der Waals surface area contributed by atoms with Crippen LogP contribution in [0, 0.1) is 5.82 Å². The molecule has 86 valence electrons. The molecule has 1 atom stereocenters. The summed E-state index contributed by atoms with van der Waals surface area (Å²) in [5.41, 5.74) is 0.432. The quantitative estimate of drug-likeness (QED) is 0.694. The van der Waals surface area contributed by atoms with Gasteiger partial charge in [-0.3, -0.25) is 4.99 Å². The highest BCUT2D eigenvalue weighted by atomic mass is 79.9. The number of hydrogen-bond acceptors (Lipinski definition) is 1. The van der Waals surface area contributed by atoms with E-state index in [0.29, 0.717) is 0 Å². The molecule has 1 aromatic rings. The molecule has 2 rings (SSSR count). The zero-order valence-corrected chi connectivity index (χ0v) is 9.44. The van der Waals surface area contributed by atoms with Crippen LogP contribution in [-0.2, 0) is 0 Å². The predicted octanol–water partition coefficient (Wildman–Crippen LogP) is 4.01. The van der Waals surface area contributed by atoms with Crippen LogP contribution < -0.4 is 0 Å². The Kier molecular flexibility index (Phi) is 2.77. The van der Waals surface area contributed by atoms with Gasteiger partial charge in [-0.1, -0.05) is 6.07 Å². The van der Waals surface area contributed by atoms with E-state index < -0.39 is 24.5 Å². The molecule has 6 heteroatoms. The average molecular weight is 296 g/mol. The maximum atomic E-state index is 13.5. The summed E-state index contributed by atoms with van der Waals surface area (Å²) in [7, 11) is 0. The average Bonchev–Trinajstić information content (AvgIpc) is 2.53. The van der Waals surface area contributed by atoms with Gasteiger partial charge >= 0.3 is 6.18 Å². The number of fused-ring (bicyclic) bond motifs is 1. The van der Waals surface area contributed by atoms with E-state index in [9.17, 15) is 17.6 Å². The molecule has 0 radical (unpaired) electrons. The van der Waals surface area contributed by atoms with Gasteiger partial charge in [0.1, 0.15) is 5.82 Å². The Morgan fingerprint density at radius 1 is 1.31 bits per heavy atom. The lowest BCUT2D eigenvalue weighted by Gasteiger charge is -2.12. The van der Waals surface area contributed by atoms with Gasteiger partial charge in [-0.2, -0.15) is 13.2 Å². The van der Waals surface area contributed by atoms with Crippen LogP contribution in [0.25, 0.3) is 0 Å². The number of benzene rings is 1. The van der Waals surface area contributed by atoms with Crippen LogP contribution in [-0.4, -0.2) is 12.4 Å². The molecule has 16 heavy (non-hydrogen) atoms. The largest absolute Gasteiger partial charge is 0.391 e. The van der Waals surface area contributed by atoms with Crippen LogP contribution in [0.4, 0.5) is 17.6 Å². The lowest BCUT2D eigenvalue weighted by atomic mass is 10.0. The van der Waals surface area contributed by atoms with Crippen molar-refractivity contribution in [1.82, 2.24) is 0 Å². The number of alkyl halides is 3. The molecule has 0 amide bonds. The second kappa shape index (κ2) is 3.84. The summed E-state index contributed by atoms with van der Waals surface area (Å²) in [6.07, 6.45) is -4.20. The molecule has 0 aromatic heterocycles. The van der Waals surface area contributed by atoms with Gasteiger partial charge in [0.25, 0.3) is 0 Å². The third-order valence-electron chi connectivity index (χ3n) is 2.33. The lowest BCUT2D eigenvalue weighted by molar-refractivity contribution is -0.138. The van der Waals surface area contributed by atoms with Gasteiger partial charge in [-0.05, 0) is 27.6 Å². The van der Waals surface area contributed by atoms with Crippen molar-refractivity contribution in [2.24, 2.45) is 4.99 Å². The third-order valence-corrected chi connectivity index (χ3v) is 2.95. The Bertz CT molecular complexity index is 453. The molecule has 0 fully saturated rings. The zero-order chi connectivity index (χ0) is 11.9. The van der Waals surface area contributed by atoms with Crippen molar-refractivity contribution in [1.29, 1.82) is 0 Å². The van der Waals surface area contributed by atoms with Crippen LogP contribution in [0.1, 0.15) is 23.6 Å². The van der Waals surface area contributed by atoms with E-state index in [1.54, 1.807) is 0 Å². The van der Waals surface area contributed by atoms with E-state index in [2.05, 4.69) is 20.9 Å². The Balaban J connectivity index is 2.35. The van der Waals surface area contributed by atoms with Gasteiger partial charge in [0.05, 0.1) is 16.9 Å². The van der Waals surface area contributed by atoms with E-state index in [0.717, 1.165) is 6.21 Å². The molecular weight excluding hydrogens is 290 g/mol. The van der Waals surface area contributed by atoms with E-state index in [-0.39, 0.29) is 15.6 Å². The van der Waals surface area contributed by atoms with Crippen molar-refractivity contribution < 1.29 is 17.6 Å². The highest BCUT2D eigenvalue weighted by molar-refractivity contribution is 9.10. The first kappa shape index (κ1) is 11.6. The van der Waals surface area contributed by atoms with Crippen LogP contribution in [0.2, 0.25) is 0 Å². The summed E-state index contributed by atoms with van der Waals surface area (Å²) < 4.78 is 50.3. The molecule has 1 unspecified atom stereocenters. The van der Waals surface area contributed by atoms with Crippen molar-refractivity contribution >= 4 is 22.1 Å². The molecule has 1 nitrogen and oxygen atoms in total. The van der Waals surface area contributed by atoms with Gasteiger partial charge in [-0.15, -0.1) is 0 Å². The molecule has 0 bridgehead atoms. The number of aliphatic imine (C=N–C) groups is 1. The fourth-order valence-corrected chi connectivity index (χ4v) is 1.98. The van der Waals surface area contributed by atoms with E-state index in [4.69, 9.17) is 0 Å². The first-order valence-corrected chi connectivity index (χ1v) is 5.25. The fraction of sp³-hybridized carbons (Fsp3) is 0.300. The first-order chi connectivity index (χ1) is 7.38. The molecule has 0 aliphatic carbocycles. The molecule has 0 saturated carbocycles. The minimum absolute atomic E-state index is 0.142. The smallest absolute Gasteiger partial charge is 0.284 e. The van der Waals surface area contributed by atoms with E-state index >= 15 is 0 Å². The second-order valence-electron chi connectivity index (χ2n) is 3.48. The van der Waals surface area contributed by atoms with Gasteiger partial charge < -0.3 is 0 Å². The molecule has 1 aromatic carbocycles. The summed E-state index contributed by atoms with van der Waals surface area (Å²) in [4.78, 5) is 3.69. The summed E-state index contributed by atoms with van der Waals surface area (Å²) >= 11 is 2.97. The van der Waals surface area contributed by atoms with Crippen molar-refractivity contribution in [3.63, 3.8) is 0 Å². The van der Waals surface area contributed by atoms with Crippen molar-refractivity contribution in [2.75, 3.05) is 0 Å². The molecular formula is C10H6BrF4N. The minimum atomic E-state index is -4.30. The normalized spacial score (nSPS) is 18.9. The predicted molar refractivity (Wildman–Crippen MR) is 55.1 cm³/mol. The van der Waals surface area contributed by atoms with Crippen LogP contribution >= 0.6 is 15.9 Å². The molecule has 0 spiro atoms. The maximum absolute atomic E-state index is 13.5. The van der Waals surface area contributed by atoms with Crippen LogP contribution in [0.15, 0.2) is 21.6 Å². The Morgan fingerprint density at radius 2 is 2.00 bits per heavy atom. The molecule has 1 heterocycles. The Labute approximate surface area is 97.3 Å². The highest BCUT2D eigenvalue weighted by Gasteiger charge is 2.35. The Hall–Kier alpha value is -0.910. The topological polar surface area (TPSA) is 12.4 Å². The maximum Gasteiger partial charge on any atom is 0.391 e. The van der Waals surface area contributed by atoms with Crippen LogP contribution in [0.5, 0.6) is 0 Å². The van der Waals surface area contributed by atoms with Gasteiger partial charge in [0, 0.05) is 11.8 Å². The molecule has 1 aliphatic heterocycles. The van der Waals surface area contributed by atoms with Gasteiger partial charge in [0.2, 0.25) is 0 Å². The van der Waals surface area contributed by atoms with Gasteiger partial charge in [-0.25, -0.2) is 4.39 Å². The SMILES string of the molecule is Fc1c(Br)ccc2c1C=NC2CC(F)(F)F. The second-order valence-corrected chi connectivity index (χ2v) is 4.33. The summed E-state index contributed by atoms with van der Waals surface area (Å²) in [5, 5.41) is 0. The summed E-state index contributed by atoms with van der Waals surface area (Å²) in [5.74, 6) is -0.564. The molecule has 0 N–H and O–H groups in total. The minimum Gasteiger partial charge on any atom is -0.284 e. The number of rotatable bonds is 1. The summed E-state index contributed by atoms with van der Waals surface area (Å²) in [6, 6.07) is 1.84. The monoisotopic (exact) mass is 295 g/mol. The van der Waals surface area contributed by atoms with Gasteiger partial charge in [0.15, 0.2) is 0 Å². The van der Waals surface area contributed by atoms with Crippen molar-refractivity contribution in [2.45, 2.75) is 18.6 Å². The molecule has 0 saturated heterocycles. The van der Waals surface area contributed by atoms with Crippen LogP contribution in [0.3, 0.4) is 0 Å². The zero-order valence-electron chi connectivity index (χ0n) is 7.85. The van der Waals surface area contributed by atoms with E-state index in [1.165, 1.54) is 12.1 Å². The first-order valence-electron chi connectivity index (χ1n) is 4.46. The lowest BCUT2D eigenvalue weighted by Crippen LogP contribution is -2.11. The standard InChI is InChI=1S/C10H6BrF4N/c11-7-2-1-5-6(9(7)12)4-16-8(5)3-10(13,14)15/h1-2,4,8H,3H2. The van der Waals surface area contributed by atoms with Crippen molar-refractivity contribution in [3.8, 4) is 0 Å². The number of hydrogen-bond donors (Lipinski definition) is 0. The van der Waals surface area contributed by atoms with E-state index in [1.807, 2.05) is 0 Å². The highest BCUT2D eigenvalue weighted by Crippen LogP contribution is 2.38. The summed E-state index contributed by atoms with van der Waals surface area (Å²) in [6.45, 7) is 0.